The van der Waals surface area contributed by atoms with Crippen molar-refractivity contribution in [2.45, 2.75) is 13.8 Å². The second-order valence-electron chi connectivity index (χ2n) is 3.66. The topological polar surface area (TPSA) is 61.3 Å². The van der Waals surface area contributed by atoms with Gasteiger partial charge in [-0.25, -0.2) is 0 Å². The van der Waals surface area contributed by atoms with Crippen molar-refractivity contribution in [2.75, 3.05) is 12.8 Å². The Morgan fingerprint density at radius 1 is 1.31 bits per heavy atom. The molecule has 1 aromatic carbocycles. The van der Waals surface area contributed by atoms with Crippen molar-refractivity contribution in [3.05, 3.63) is 29.7 Å². The maximum absolute atomic E-state index is 5.71. The fourth-order valence-corrected chi connectivity index (χ4v) is 1.78. The molecular formula is C12H14N2O2. The minimum Gasteiger partial charge on any atom is -0.496 e. The van der Waals surface area contributed by atoms with Crippen LogP contribution in [0.1, 0.15) is 11.5 Å². The second kappa shape index (κ2) is 3.89. The molecule has 0 atom stereocenters. The van der Waals surface area contributed by atoms with Crippen molar-refractivity contribution in [1.82, 2.24) is 5.16 Å². The molecule has 0 aliphatic carbocycles. The molecule has 0 saturated heterocycles. The molecule has 1 heterocycles. The van der Waals surface area contributed by atoms with Crippen LogP contribution in [0.4, 0.5) is 5.69 Å². The Bertz CT molecular complexity index is 498. The monoisotopic (exact) mass is 218 g/mol. The van der Waals surface area contributed by atoms with Gasteiger partial charge in [0.1, 0.15) is 11.5 Å². The zero-order valence-electron chi connectivity index (χ0n) is 9.57. The van der Waals surface area contributed by atoms with Gasteiger partial charge in [-0.05, 0) is 26.0 Å². The lowest BCUT2D eigenvalue weighted by atomic mass is 10.0. The number of aryl methyl sites for hydroxylation is 2. The molecule has 1 aromatic heterocycles. The second-order valence-corrected chi connectivity index (χ2v) is 3.66. The molecule has 2 aromatic rings. The van der Waals surface area contributed by atoms with E-state index in [2.05, 4.69) is 5.16 Å². The highest BCUT2D eigenvalue weighted by atomic mass is 16.5. The van der Waals surface area contributed by atoms with Crippen LogP contribution in [0.25, 0.3) is 11.1 Å². The summed E-state index contributed by atoms with van der Waals surface area (Å²) < 4.78 is 10.5. The van der Waals surface area contributed by atoms with E-state index in [9.17, 15) is 0 Å². The van der Waals surface area contributed by atoms with E-state index in [0.29, 0.717) is 5.69 Å². The van der Waals surface area contributed by atoms with Gasteiger partial charge in [-0.15, -0.1) is 0 Å². The maximum Gasteiger partial charge on any atom is 0.141 e. The Balaban J connectivity index is 2.64. The lowest BCUT2D eigenvalue weighted by Gasteiger charge is -2.08. The SMILES string of the molecule is COc1cc(N)ccc1-c1c(C)noc1C. The van der Waals surface area contributed by atoms with E-state index in [4.69, 9.17) is 15.0 Å². The van der Waals surface area contributed by atoms with Crippen molar-refractivity contribution < 1.29 is 9.26 Å². The maximum atomic E-state index is 5.71. The van der Waals surface area contributed by atoms with E-state index in [1.807, 2.05) is 26.0 Å². The Kier molecular flexibility index (Phi) is 2.56. The lowest BCUT2D eigenvalue weighted by Crippen LogP contribution is -1.92. The van der Waals surface area contributed by atoms with Crippen LogP contribution in [0.5, 0.6) is 5.75 Å². The van der Waals surface area contributed by atoms with Gasteiger partial charge in [0.25, 0.3) is 0 Å². The largest absolute Gasteiger partial charge is 0.496 e. The van der Waals surface area contributed by atoms with Crippen LogP contribution in [-0.2, 0) is 0 Å². The highest BCUT2D eigenvalue weighted by Crippen LogP contribution is 2.35. The third-order valence-electron chi connectivity index (χ3n) is 2.53. The quantitative estimate of drug-likeness (QED) is 0.787. The number of hydrogen-bond acceptors (Lipinski definition) is 4. The van der Waals surface area contributed by atoms with Crippen LogP contribution in [0.3, 0.4) is 0 Å². The summed E-state index contributed by atoms with van der Waals surface area (Å²) in [4.78, 5) is 0. The van der Waals surface area contributed by atoms with Gasteiger partial charge in [0.15, 0.2) is 0 Å². The molecular weight excluding hydrogens is 204 g/mol. The molecule has 0 aliphatic heterocycles. The molecule has 0 radical (unpaired) electrons. The summed E-state index contributed by atoms with van der Waals surface area (Å²) in [5, 5.41) is 3.93. The molecule has 4 heteroatoms. The molecule has 84 valence electrons. The number of ether oxygens (including phenoxy) is 1. The van der Waals surface area contributed by atoms with Crippen LogP contribution < -0.4 is 10.5 Å². The summed E-state index contributed by atoms with van der Waals surface area (Å²) in [5.41, 5.74) is 9.16. The standard InChI is InChI=1S/C12H14N2O2/c1-7-12(8(2)16-14-7)10-5-4-9(13)6-11(10)15-3/h4-6H,13H2,1-3H3. The number of hydrogen-bond donors (Lipinski definition) is 1. The normalized spacial score (nSPS) is 10.4. The molecule has 2 rings (SSSR count). The van der Waals surface area contributed by atoms with Gasteiger partial charge in [-0.2, -0.15) is 0 Å². The van der Waals surface area contributed by atoms with E-state index in [1.54, 1.807) is 13.2 Å². The van der Waals surface area contributed by atoms with Crippen molar-refractivity contribution in [1.29, 1.82) is 0 Å². The van der Waals surface area contributed by atoms with E-state index >= 15 is 0 Å². The third kappa shape index (κ3) is 1.62. The third-order valence-corrected chi connectivity index (χ3v) is 2.53. The molecule has 0 amide bonds. The van der Waals surface area contributed by atoms with Crippen molar-refractivity contribution in [3.63, 3.8) is 0 Å². The highest BCUT2D eigenvalue weighted by Gasteiger charge is 2.15. The van der Waals surface area contributed by atoms with E-state index in [-0.39, 0.29) is 0 Å². The van der Waals surface area contributed by atoms with Crippen LogP contribution in [0.2, 0.25) is 0 Å². The average molecular weight is 218 g/mol. The summed E-state index contributed by atoms with van der Waals surface area (Å²) in [6.45, 7) is 3.78. The number of nitrogens with two attached hydrogens (primary N) is 1. The van der Waals surface area contributed by atoms with Crippen molar-refractivity contribution in [3.8, 4) is 16.9 Å². The van der Waals surface area contributed by atoms with Crippen LogP contribution in [0, 0.1) is 13.8 Å². The number of methoxy groups -OCH3 is 1. The zero-order chi connectivity index (χ0) is 11.7. The number of aromatic nitrogens is 1. The van der Waals surface area contributed by atoms with Gasteiger partial charge in [-0.1, -0.05) is 5.16 Å². The van der Waals surface area contributed by atoms with Crippen LogP contribution >= 0.6 is 0 Å². The van der Waals surface area contributed by atoms with Crippen molar-refractivity contribution >= 4 is 5.69 Å². The van der Waals surface area contributed by atoms with Gasteiger partial charge in [-0.3, -0.25) is 0 Å². The van der Waals surface area contributed by atoms with Crippen LogP contribution in [0.15, 0.2) is 22.7 Å². The molecule has 0 saturated carbocycles. The summed E-state index contributed by atoms with van der Waals surface area (Å²) in [6, 6.07) is 5.55. The van der Waals surface area contributed by atoms with E-state index < -0.39 is 0 Å². The summed E-state index contributed by atoms with van der Waals surface area (Å²) in [5.74, 6) is 1.51. The Labute approximate surface area is 94.0 Å². The first-order valence-electron chi connectivity index (χ1n) is 5.00. The number of rotatable bonds is 2. The Morgan fingerprint density at radius 3 is 2.62 bits per heavy atom. The number of benzene rings is 1. The summed E-state index contributed by atoms with van der Waals surface area (Å²) in [6.07, 6.45) is 0. The van der Waals surface area contributed by atoms with E-state index in [0.717, 1.165) is 28.3 Å². The highest BCUT2D eigenvalue weighted by molar-refractivity contribution is 5.75. The smallest absolute Gasteiger partial charge is 0.141 e. The van der Waals surface area contributed by atoms with Crippen LogP contribution in [-0.4, -0.2) is 12.3 Å². The van der Waals surface area contributed by atoms with Crippen molar-refractivity contribution in [2.24, 2.45) is 0 Å². The molecule has 16 heavy (non-hydrogen) atoms. The minimum absolute atomic E-state index is 0.673. The first-order valence-corrected chi connectivity index (χ1v) is 5.00. The van der Waals surface area contributed by atoms with Gasteiger partial charge in [0, 0.05) is 17.3 Å². The first-order chi connectivity index (χ1) is 7.63. The zero-order valence-corrected chi connectivity index (χ0v) is 9.57. The van der Waals surface area contributed by atoms with E-state index in [1.165, 1.54) is 0 Å². The molecule has 2 N–H and O–H groups in total. The fraction of sp³-hybridized carbons (Fsp3) is 0.250. The summed E-state index contributed by atoms with van der Waals surface area (Å²) in [7, 11) is 1.62. The first kappa shape index (κ1) is 10.5. The predicted octanol–water partition coefficient (Wildman–Crippen LogP) is 2.55. The molecule has 0 bridgehead atoms. The number of anilines is 1. The molecule has 0 aliphatic rings. The summed E-state index contributed by atoms with van der Waals surface area (Å²) >= 11 is 0. The molecule has 0 spiro atoms. The predicted molar refractivity (Wildman–Crippen MR) is 62.4 cm³/mol. The number of nitrogen functional groups attached to an aromatic ring is 1. The van der Waals surface area contributed by atoms with Gasteiger partial charge < -0.3 is 15.0 Å². The van der Waals surface area contributed by atoms with Gasteiger partial charge in [0.05, 0.1) is 18.4 Å². The molecule has 4 nitrogen and oxygen atoms in total. The minimum atomic E-state index is 0.673. The Hall–Kier alpha value is -1.97. The van der Waals surface area contributed by atoms with Gasteiger partial charge >= 0.3 is 0 Å². The fourth-order valence-electron chi connectivity index (χ4n) is 1.78. The molecule has 0 unspecified atom stereocenters. The average Bonchev–Trinajstić information content (AvgIpc) is 2.59. The molecule has 0 fully saturated rings. The lowest BCUT2D eigenvalue weighted by molar-refractivity contribution is 0.393. The Morgan fingerprint density at radius 2 is 2.06 bits per heavy atom. The van der Waals surface area contributed by atoms with Gasteiger partial charge in [0.2, 0.25) is 0 Å². The number of nitrogens with zero attached hydrogens (tertiary/aromatic N) is 1.